The number of hydrogen-bond acceptors (Lipinski definition) is 6. The highest BCUT2D eigenvalue weighted by molar-refractivity contribution is 5.73. The van der Waals surface area contributed by atoms with E-state index in [4.69, 9.17) is 9.72 Å². The minimum atomic E-state index is -0.860. The zero-order valence-corrected chi connectivity index (χ0v) is 23.6. The van der Waals surface area contributed by atoms with E-state index in [1.165, 1.54) is 19.1 Å². The Bertz CT molecular complexity index is 1190. The van der Waals surface area contributed by atoms with Crippen molar-refractivity contribution < 1.29 is 19.0 Å². The molecule has 2 heterocycles. The van der Waals surface area contributed by atoms with E-state index in [1.54, 1.807) is 6.07 Å². The van der Waals surface area contributed by atoms with Gasteiger partial charge in [0, 0.05) is 43.2 Å². The van der Waals surface area contributed by atoms with Gasteiger partial charge in [-0.2, -0.15) is 0 Å². The van der Waals surface area contributed by atoms with Crippen molar-refractivity contribution in [3.05, 3.63) is 53.0 Å². The number of ether oxygens (including phenoxy) is 1. The van der Waals surface area contributed by atoms with Crippen LogP contribution in [0.1, 0.15) is 89.1 Å². The summed E-state index contributed by atoms with van der Waals surface area (Å²) in [6.45, 7) is 8.37. The predicted octanol–water partition coefficient (Wildman–Crippen LogP) is 4.83. The first-order valence-corrected chi connectivity index (χ1v) is 14.4. The Hall–Kier alpha value is -2.71. The number of nitrogens with zero attached hydrogens (tertiary/aromatic N) is 1. The second kappa shape index (κ2) is 11.0. The second-order valence-electron chi connectivity index (χ2n) is 13.0. The number of pyridine rings is 1. The van der Waals surface area contributed by atoms with Gasteiger partial charge in [-0.15, -0.1) is 0 Å². The zero-order chi connectivity index (χ0) is 27.8. The maximum atomic E-state index is 13.8. The van der Waals surface area contributed by atoms with Gasteiger partial charge in [0.2, 0.25) is 5.91 Å². The number of benzene rings is 1. The molecule has 39 heavy (non-hydrogen) atoms. The van der Waals surface area contributed by atoms with E-state index in [9.17, 15) is 14.3 Å². The molecule has 1 amide bonds. The first kappa shape index (κ1) is 27.8. The minimum Gasteiger partial charge on any atom is -0.483 e. The van der Waals surface area contributed by atoms with Gasteiger partial charge in [-0.05, 0) is 74.1 Å². The van der Waals surface area contributed by atoms with E-state index in [0.717, 1.165) is 73.3 Å². The van der Waals surface area contributed by atoms with Crippen LogP contribution in [0.3, 0.4) is 0 Å². The maximum absolute atomic E-state index is 13.8. The third kappa shape index (κ3) is 7.09. The Morgan fingerprint density at radius 1 is 1.26 bits per heavy atom. The summed E-state index contributed by atoms with van der Waals surface area (Å²) >= 11 is 0. The summed E-state index contributed by atoms with van der Waals surface area (Å²) in [5, 5.41) is 21.3. The molecule has 0 bridgehead atoms. The number of aliphatic hydroxyl groups excluding tert-OH is 1. The average molecular weight is 539 g/mol. The van der Waals surface area contributed by atoms with E-state index in [0.29, 0.717) is 12.5 Å². The highest BCUT2D eigenvalue weighted by Gasteiger charge is 2.47. The highest BCUT2D eigenvalue weighted by Crippen LogP contribution is 2.51. The first-order valence-electron chi connectivity index (χ1n) is 14.4. The van der Waals surface area contributed by atoms with Crippen LogP contribution < -0.4 is 20.7 Å². The van der Waals surface area contributed by atoms with Crippen molar-refractivity contribution in [2.75, 3.05) is 11.9 Å². The van der Waals surface area contributed by atoms with Gasteiger partial charge in [0.15, 0.2) is 11.6 Å². The molecule has 4 N–H and O–H groups in total. The van der Waals surface area contributed by atoms with Crippen molar-refractivity contribution in [3.63, 3.8) is 0 Å². The number of amides is 1. The molecule has 0 saturated heterocycles. The number of fused-ring (bicyclic) bond motifs is 1. The van der Waals surface area contributed by atoms with E-state index in [-0.39, 0.29) is 35.3 Å². The number of nitrogens with one attached hydrogen (secondary N) is 3. The van der Waals surface area contributed by atoms with Crippen molar-refractivity contribution in [3.8, 4) is 5.75 Å². The standard InChI is InChI=1S/C31H43FN4O3/c1-19(37)34-25(14-20-7-5-8-21(32)13-20)27(38)18-33-26-17-31(11-6-12-31)39-28-24(26)15-23(16-30(2,3)4)36-29(28)35-22-9-10-22/h5,7-8,13,15,22,25-27,33,38H,6,9-12,14,16-18H2,1-4H3,(H,34,37)(H,35,36)/t25-,26-,27+/m0/s1. The van der Waals surface area contributed by atoms with Gasteiger partial charge in [0.1, 0.15) is 11.4 Å². The van der Waals surface area contributed by atoms with Gasteiger partial charge in [0.05, 0.1) is 12.1 Å². The zero-order valence-electron chi connectivity index (χ0n) is 23.6. The normalized spacial score (nSPS) is 21.3. The lowest BCUT2D eigenvalue weighted by Crippen LogP contribution is -2.52. The summed E-state index contributed by atoms with van der Waals surface area (Å²) in [4.78, 5) is 17.0. The summed E-state index contributed by atoms with van der Waals surface area (Å²) in [5.74, 6) is 1.13. The number of rotatable bonds is 10. The van der Waals surface area contributed by atoms with Crippen LogP contribution in [0.4, 0.5) is 10.2 Å². The number of carbonyl (C=O) groups is 1. The van der Waals surface area contributed by atoms with Gasteiger partial charge < -0.3 is 25.8 Å². The molecule has 1 spiro atoms. The number of aliphatic hydroxyl groups is 1. The van der Waals surface area contributed by atoms with E-state index < -0.39 is 12.1 Å². The number of halogens is 1. The van der Waals surface area contributed by atoms with Crippen molar-refractivity contribution >= 4 is 11.7 Å². The molecule has 2 aliphatic carbocycles. The summed E-state index contributed by atoms with van der Waals surface area (Å²) in [6, 6.07) is 8.35. The second-order valence-corrected chi connectivity index (χ2v) is 13.0. The van der Waals surface area contributed by atoms with Gasteiger partial charge in [0.25, 0.3) is 0 Å². The fraction of sp³-hybridized carbons (Fsp3) is 0.613. The molecule has 7 nitrogen and oxygen atoms in total. The number of hydrogen-bond donors (Lipinski definition) is 4. The molecule has 1 aromatic heterocycles. The molecule has 2 saturated carbocycles. The summed E-state index contributed by atoms with van der Waals surface area (Å²) < 4.78 is 20.5. The van der Waals surface area contributed by atoms with Crippen LogP contribution in [-0.2, 0) is 17.6 Å². The van der Waals surface area contributed by atoms with E-state index in [1.807, 2.05) is 6.07 Å². The molecule has 2 aromatic rings. The highest BCUT2D eigenvalue weighted by atomic mass is 19.1. The Balaban J connectivity index is 1.39. The third-order valence-electron chi connectivity index (χ3n) is 7.99. The molecule has 0 unspecified atom stereocenters. The maximum Gasteiger partial charge on any atom is 0.217 e. The van der Waals surface area contributed by atoms with Crippen LogP contribution in [0.25, 0.3) is 0 Å². The average Bonchev–Trinajstić information content (AvgIpc) is 3.64. The fourth-order valence-corrected chi connectivity index (χ4v) is 5.79. The van der Waals surface area contributed by atoms with Crippen molar-refractivity contribution in [1.29, 1.82) is 0 Å². The monoisotopic (exact) mass is 538 g/mol. The van der Waals surface area contributed by atoms with Crippen molar-refractivity contribution in [2.24, 2.45) is 5.41 Å². The molecule has 212 valence electrons. The van der Waals surface area contributed by atoms with E-state index in [2.05, 4.69) is 42.8 Å². The van der Waals surface area contributed by atoms with Crippen LogP contribution in [0.2, 0.25) is 0 Å². The molecule has 1 aliphatic heterocycles. The van der Waals surface area contributed by atoms with Crippen LogP contribution in [0.15, 0.2) is 30.3 Å². The van der Waals surface area contributed by atoms with Crippen LogP contribution >= 0.6 is 0 Å². The number of carbonyl (C=O) groups excluding carboxylic acids is 1. The van der Waals surface area contributed by atoms with Crippen molar-refractivity contribution in [2.45, 2.75) is 109 Å². The molecule has 1 aromatic carbocycles. The quantitative estimate of drug-likeness (QED) is 0.346. The van der Waals surface area contributed by atoms with Gasteiger partial charge in [-0.3, -0.25) is 4.79 Å². The Labute approximate surface area is 231 Å². The molecular formula is C31H43FN4O3. The third-order valence-corrected chi connectivity index (χ3v) is 7.99. The molecule has 3 aliphatic rings. The molecule has 0 radical (unpaired) electrons. The predicted molar refractivity (Wildman–Crippen MR) is 150 cm³/mol. The van der Waals surface area contributed by atoms with Crippen LogP contribution in [0.5, 0.6) is 5.75 Å². The first-order chi connectivity index (χ1) is 18.5. The molecule has 8 heteroatoms. The topological polar surface area (TPSA) is 95.5 Å². The Morgan fingerprint density at radius 3 is 2.64 bits per heavy atom. The lowest BCUT2D eigenvalue weighted by Gasteiger charge is -2.48. The van der Waals surface area contributed by atoms with E-state index >= 15 is 0 Å². The SMILES string of the molecule is CC(=O)N[C@@H](Cc1cccc(F)c1)[C@H](O)CN[C@H]1CC2(CCC2)Oc2c1cc(CC(C)(C)C)nc2NC1CC1. The van der Waals surface area contributed by atoms with Gasteiger partial charge in [-0.25, -0.2) is 9.37 Å². The smallest absolute Gasteiger partial charge is 0.217 e. The summed E-state index contributed by atoms with van der Waals surface area (Å²) in [5.41, 5.74) is 2.73. The van der Waals surface area contributed by atoms with Gasteiger partial charge in [-0.1, -0.05) is 32.9 Å². The lowest BCUT2D eigenvalue weighted by molar-refractivity contribution is -0.120. The molecule has 3 atom stereocenters. The Morgan fingerprint density at radius 2 is 2.03 bits per heavy atom. The molecule has 5 rings (SSSR count). The minimum absolute atomic E-state index is 0.0164. The number of aromatic nitrogens is 1. The van der Waals surface area contributed by atoms with Crippen LogP contribution in [0, 0.1) is 11.2 Å². The van der Waals surface area contributed by atoms with Gasteiger partial charge >= 0.3 is 0 Å². The summed E-state index contributed by atoms with van der Waals surface area (Å²) in [6.07, 6.45) is 6.60. The number of anilines is 1. The van der Waals surface area contributed by atoms with Crippen LogP contribution in [-0.4, -0.2) is 46.3 Å². The largest absolute Gasteiger partial charge is 0.483 e. The molecular weight excluding hydrogens is 495 g/mol. The molecule has 2 fully saturated rings. The van der Waals surface area contributed by atoms with Crippen molar-refractivity contribution in [1.82, 2.24) is 15.6 Å². The fourth-order valence-electron chi connectivity index (χ4n) is 5.79. The Kier molecular flexibility index (Phi) is 7.89. The summed E-state index contributed by atoms with van der Waals surface area (Å²) in [7, 11) is 0. The lowest BCUT2D eigenvalue weighted by atomic mass is 9.72.